The molecule has 1 aliphatic rings. The molecule has 0 aromatic heterocycles. The highest BCUT2D eigenvalue weighted by Crippen LogP contribution is 2.38. The first-order chi connectivity index (χ1) is 9.52. The summed E-state index contributed by atoms with van der Waals surface area (Å²) in [6.07, 6.45) is 0. The molecule has 1 aliphatic heterocycles. The molecular formula is C13H14BrNO5. The van der Waals surface area contributed by atoms with E-state index in [1.165, 1.54) is 7.11 Å². The fraction of sp³-hybridized carbons (Fsp3) is 0.385. The fourth-order valence-corrected chi connectivity index (χ4v) is 2.31. The minimum atomic E-state index is -0.723. The number of rotatable bonds is 3. The summed E-state index contributed by atoms with van der Waals surface area (Å²) in [5.74, 6) is 0.186. The highest BCUT2D eigenvalue weighted by atomic mass is 79.9. The number of hydrogen-bond donors (Lipinski definition) is 1. The molecule has 1 aromatic rings. The van der Waals surface area contributed by atoms with Crippen molar-refractivity contribution in [1.82, 2.24) is 5.32 Å². The Morgan fingerprint density at radius 2 is 2.05 bits per heavy atom. The third kappa shape index (κ3) is 3.04. The zero-order chi connectivity index (χ0) is 14.7. The van der Waals surface area contributed by atoms with Gasteiger partial charge in [0.15, 0.2) is 11.5 Å². The number of hydrogen-bond acceptors (Lipinski definition) is 5. The predicted octanol–water partition coefficient (Wildman–Crippen LogP) is 1.51. The molecule has 6 nitrogen and oxygen atoms in total. The highest BCUT2D eigenvalue weighted by Gasteiger charge is 2.21. The second kappa shape index (κ2) is 6.13. The van der Waals surface area contributed by atoms with Crippen molar-refractivity contribution in [3.8, 4) is 11.5 Å². The summed E-state index contributed by atoms with van der Waals surface area (Å²) in [7, 11) is 1.27. The Bertz CT molecular complexity index is 546. The van der Waals surface area contributed by atoms with Crippen LogP contribution in [0.15, 0.2) is 16.6 Å². The number of amides is 1. The van der Waals surface area contributed by atoms with E-state index in [4.69, 9.17) is 9.47 Å². The predicted molar refractivity (Wildman–Crippen MR) is 74.1 cm³/mol. The maximum absolute atomic E-state index is 12.1. The van der Waals surface area contributed by atoms with Gasteiger partial charge in [-0.25, -0.2) is 4.79 Å². The number of esters is 1. The van der Waals surface area contributed by atoms with Crippen LogP contribution in [0.25, 0.3) is 0 Å². The summed E-state index contributed by atoms with van der Waals surface area (Å²) in [5.41, 5.74) is 0.372. The average Bonchev–Trinajstić information content (AvgIpc) is 2.46. The first-order valence-electron chi connectivity index (χ1n) is 6.00. The van der Waals surface area contributed by atoms with Gasteiger partial charge in [0.05, 0.1) is 11.6 Å². The van der Waals surface area contributed by atoms with Crippen LogP contribution in [0.3, 0.4) is 0 Å². The largest absolute Gasteiger partial charge is 0.486 e. The first kappa shape index (κ1) is 14.6. The molecule has 0 spiro atoms. The normalized spacial score (nSPS) is 14.3. The SMILES string of the molecule is COC(=O)[C@H](C)NC(=O)c1cc(Br)c2c(c1)OCCO2. The molecule has 1 amide bonds. The molecule has 1 heterocycles. The minimum Gasteiger partial charge on any atom is -0.486 e. The second-order valence-corrected chi connectivity index (χ2v) is 5.05. The number of fused-ring (bicyclic) bond motifs is 1. The van der Waals surface area contributed by atoms with E-state index >= 15 is 0 Å². The van der Waals surface area contributed by atoms with Crippen LogP contribution in [-0.4, -0.2) is 38.2 Å². The van der Waals surface area contributed by atoms with Crippen molar-refractivity contribution in [2.24, 2.45) is 0 Å². The van der Waals surface area contributed by atoms with Crippen molar-refractivity contribution in [1.29, 1.82) is 0 Å². The molecule has 1 atom stereocenters. The van der Waals surface area contributed by atoms with Gasteiger partial charge in [0.1, 0.15) is 19.3 Å². The third-order valence-electron chi connectivity index (χ3n) is 2.76. The molecule has 20 heavy (non-hydrogen) atoms. The Morgan fingerprint density at radius 1 is 1.35 bits per heavy atom. The molecule has 0 saturated carbocycles. The van der Waals surface area contributed by atoms with Gasteiger partial charge >= 0.3 is 5.97 Å². The van der Waals surface area contributed by atoms with Gasteiger partial charge in [0, 0.05) is 5.56 Å². The van der Waals surface area contributed by atoms with Crippen LogP contribution < -0.4 is 14.8 Å². The molecule has 7 heteroatoms. The molecule has 108 valence electrons. The number of carbonyl (C=O) groups is 2. The van der Waals surface area contributed by atoms with E-state index in [1.54, 1.807) is 19.1 Å². The van der Waals surface area contributed by atoms with Gasteiger partial charge in [-0.2, -0.15) is 0 Å². The number of methoxy groups -OCH3 is 1. The molecule has 1 N–H and O–H groups in total. The second-order valence-electron chi connectivity index (χ2n) is 4.20. The molecule has 2 rings (SSSR count). The van der Waals surface area contributed by atoms with Gasteiger partial charge in [-0.05, 0) is 35.0 Å². The number of halogens is 1. The van der Waals surface area contributed by atoms with Crippen LogP contribution in [0.2, 0.25) is 0 Å². The van der Waals surface area contributed by atoms with E-state index in [1.807, 2.05) is 0 Å². The summed E-state index contributed by atoms with van der Waals surface area (Å²) in [4.78, 5) is 23.4. The number of benzene rings is 1. The zero-order valence-corrected chi connectivity index (χ0v) is 12.7. The van der Waals surface area contributed by atoms with Crippen LogP contribution in [0.5, 0.6) is 11.5 Å². The summed E-state index contributed by atoms with van der Waals surface area (Å²) in [6.45, 7) is 2.45. The van der Waals surface area contributed by atoms with Crippen LogP contribution >= 0.6 is 15.9 Å². The summed E-state index contributed by atoms with van der Waals surface area (Å²) in [6, 6.07) is 2.48. The monoisotopic (exact) mass is 343 g/mol. The first-order valence-corrected chi connectivity index (χ1v) is 6.80. The van der Waals surface area contributed by atoms with Crippen LogP contribution in [0.4, 0.5) is 0 Å². The van der Waals surface area contributed by atoms with Crippen molar-refractivity contribution in [3.05, 3.63) is 22.2 Å². The quantitative estimate of drug-likeness (QED) is 0.842. The van der Waals surface area contributed by atoms with E-state index in [0.29, 0.717) is 34.7 Å². The van der Waals surface area contributed by atoms with Crippen molar-refractivity contribution in [2.75, 3.05) is 20.3 Å². The lowest BCUT2D eigenvalue weighted by Crippen LogP contribution is -2.39. The Kier molecular flexibility index (Phi) is 4.49. The maximum Gasteiger partial charge on any atom is 0.328 e. The third-order valence-corrected chi connectivity index (χ3v) is 3.35. The van der Waals surface area contributed by atoms with Gasteiger partial charge in [0.25, 0.3) is 5.91 Å². The van der Waals surface area contributed by atoms with Crippen LogP contribution in [0, 0.1) is 0 Å². The molecule has 0 unspecified atom stereocenters. The molecule has 0 saturated heterocycles. The van der Waals surface area contributed by atoms with Gasteiger partial charge in [-0.15, -0.1) is 0 Å². The van der Waals surface area contributed by atoms with Crippen molar-refractivity contribution in [3.63, 3.8) is 0 Å². The molecule has 0 bridgehead atoms. The standard InChI is InChI=1S/C13H14BrNO5/c1-7(13(17)18-2)15-12(16)8-5-9(14)11-10(6-8)19-3-4-20-11/h5-7H,3-4H2,1-2H3,(H,15,16)/t7-/m0/s1. The number of carbonyl (C=O) groups excluding carboxylic acids is 2. The number of nitrogens with one attached hydrogen (secondary N) is 1. The lowest BCUT2D eigenvalue weighted by atomic mass is 10.1. The van der Waals surface area contributed by atoms with Gasteiger partial charge < -0.3 is 19.5 Å². The Hall–Kier alpha value is -1.76. The Balaban J connectivity index is 2.18. The van der Waals surface area contributed by atoms with Crippen molar-refractivity contribution < 1.29 is 23.8 Å². The topological polar surface area (TPSA) is 73.9 Å². The molecular weight excluding hydrogens is 330 g/mol. The number of ether oxygens (including phenoxy) is 3. The van der Waals surface area contributed by atoms with Crippen molar-refractivity contribution >= 4 is 27.8 Å². The van der Waals surface area contributed by atoms with Crippen LogP contribution in [-0.2, 0) is 9.53 Å². The van der Waals surface area contributed by atoms with Gasteiger partial charge in [0.2, 0.25) is 0 Å². The molecule has 0 fully saturated rings. The van der Waals surface area contributed by atoms with E-state index in [0.717, 1.165) is 0 Å². The molecule has 0 aliphatic carbocycles. The molecule has 1 aromatic carbocycles. The Labute approximate surface area is 124 Å². The van der Waals surface area contributed by atoms with E-state index in [9.17, 15) is 9.59 Å². The molecule has 0 radical (unpaired) electrons. The summed E-state index contributed by atoms with van der Waals surface area (Å²) >= 11 is 3.33. The summed E-state index contributed by atoms with van der Waals surface area (Å²) in [5, 5.41) is 2.55. The fourth-order valence-electron chi connectivity index (χ4n) is 1.76. The average molecular weight is 344 g/mol. The van der Waals surface area contributed by atoms with Crippen molar-refractivity contribution in [2.45, 2.75) is 13.0 Å². The van der Waals surface area contributed by atoms with E-state index in [-0.39, 0.29) is 5.91 Å². The van der Waals surface area contributed by atoms with E-state index < -0.39 is 12.0 Å². The Morgan fingerprint density at radius 3 is 2.75 bits per heavy atom. The maximum atomic E-state index is 12.1. The van der Waals surface area contributed by atoms with Gasteiger partial charge in [-0.1, -0.05) is 0 Å². The lowest BCUT2D eigenvalue weighted by molar-refractivity contribution is -0.142. The van der Waals surface area contributed by atoms with Gasteiger partial charge in [-0.3, -0.25) is 4.79 Å². The summed E-state index contributed by atoms with van der Waals surface area (Å²) < 4.78 is 16.1. The zero-order valence-electron chi connectivity index (χ0n) is 11.1. The van der Waals surface area contributed by atoms with E-state index in [2.05, 4.69) is 26.0 Å². The van der Waals surface area contributed by atoms with Crippen LogP contribution in [0.1, 0.15) is 17.3 Å². The lowest BCUT2D eigenvalue weighted by Gasteiger charge is -2.20. The smallest absolute Gasteiger partial charge is 0.328 e. The minimum absolute atomic E-state index is 0.372. The highest BCUT2D eigenvalue weighted by molar-refractivity contribution is 9.10.